The van der Waals surface area contributed by atoms with Crippen LogP contribution in [0.2, 0.25) is 0 Å². The van der Waals surface area contributed by atoms with Crippen molar-refractivity contribution >= 4 is 5.97 Å². The Morgan fingerprint density at radius 3 is 2.67 bits per heavy atom. The van der Waals surface area contributed by atoms with Gasteiger partial charge in [0.15, 0.2) is 0 Å². The fraction of sp³-hybridized carbons (Fsp3) is 0.312. The number of hydrogen-bond donors (Lipinski definition) is 0. The third-order valence-corrected chi connectivity index (χ3v) is 3.34. The van der Waals surface area contributed by atoms with Crippen LogP contribution in [-0.4, -0.2) is 12.6 Å². The quantitative estimate of drug-likeness (QED) is 0.596. The van der Waals surface area contributed by atoms with E-state index < -0.39 is 0 Å². The first kappa shape index (κ1) is 12.6. The second kappa shape index (κ2) is 5.67. The second-order valence-corrected chi connectivity index (χ2v) is 4.54. The van der Waals surface area contributed by atoms with E-state index in [1.54, 1.807) is 0 Å². The second-order valence-electron chi connectivity index (χ2n) is 4.54. The number of carbonyl (C=O) groups excluding carboxylic acids is 1. The van der Waals surface area contributed by atoms with E-state index in [9.17, 15) is 4.79 Å². The van der Waals surface area contributed by atoms with E-state index in [-0.39, 0.29) is 5.97 Å². The van der Waals surface area contributed by atoms with Gasteiger partial charge in [0.2, 0.25) is 0 Å². The van der Waals surface area contributed by atoms with Crippen LogP contribution in [-0.2, 0) is 9.53 Å². The van der Waals surface area contributed by atoms with Crippen molar-refractivity contribution in [2.75, 3.05) is 6.61 Å². The Hall–Kier alpha value is -1.83. The number of rotatable bonds is 4. The lowest BCUT2D eigenvalue weighted by Gasteiger charge is -2.05. The van der Waals surface area contributed by atoms with Gasteiger partial charge in [-0.15, -0.1) is 6.58 Å². The summed E-state index contributed by atoms with van der Waals surface area (Å²) in [4.78, 5) is 10.7. The van der Waals surface area contributed by atoms with E-state index in [2.05, 4.69) is 36.9 Å². The molecule has 1 aliphatic rings. The molecule has 1 aromatic carbocycles. The largest absolute Gasteiger partial charge is 0.462 e. The molecule has 0 aromatic heterocycles. The van der Waals surface area contributed by atoms with Gasteiger partial charge in [-0.25, -0.2) is 0 Å². The summed E-state index contributed by atoms with van der Waals surface area (Å²) >= 11 is 0. The molecule has 2 heteroatoms. The Balaban J connectivity index is 2.07. The maximum absolute atomic E-state index is 10.7. The average molecular weight is 242 g/mol. The molecule has 0 fully saturated rings. The van der Waals surface area contributed by atoms with Gasteiger partial charge in [-0.3, -0.25) is 4.79 Å². The highest BCUT2D eigenvalue weighted by Gasteiger charge is 2.26. The van der Waals surface area contributed by atoms with Crippen molar-refractivity contribution in [2.24, 2.45) is 0 Å². The molecule has 0 aliphatic heterocycles. The van der Waals surface area contributed by atoms with E-state index in [4.69, 9.17) is 4.74 Å². The van der Waals surface area contributed by atoms with Gasteiger partial charge in [-0.05, 0) is 17.5 Å². The van der Waals surface area contributed by atoms with Crippen molar-refractivity contribution in [1.29, 1.82) is 0 Å². The smallest absolute Gasteiger partial charge is 0.302 e. The minimum absolute atomic E-state index is 0.240. The van der Waals surface area contributed by atoms with E-state index in [0.717, 1.165) is 6.42 Å². The molecule has 1 aliphatic carbocycles. The van der Waals surface area contributed by atoms with E-state index in [1.165, 1.54) is 18.1 Å². The minimum atomic E-state index is -0.240. The fourth-order valence-electron chi connectivity index (χ4n) is 2.50. The first-order valence-corrected chi connectivity index (χ1v) is 6.23. The summed E-state index contributed by atoms with van der Waals surface area (Å²) in [5.41, 5.74) is 2.73. The first-order valence-electron chi connectivity index (χ1n) is 6.23. The average Bonchev–Trinajstić information content (AvgIpc) is 2.73. The lowest BCUT2D eigenvalue weighted by Crippen LogP contribution is -1.98. The zero-order chi connectivity index (χ0) is 13.0. The number of allylic oxidation sites excluding steroid dienone is 2. The molecule has 0 radical (unpaired) electrons. The Bertz CT molecular complexity index is 474. The van der Waals surface area contributed by atoms with Gasteiger partial charge in [0, 0.05) is 18.8 Å². The van der Waals surface area contributed by atoms with E-state index >= 15 is 0 Å². The summed E-state index contributed by atoms with van der Waals surface area (Å²) in [6.45, 7) is 5.68. The first-order chi connectivity index (χ1) is 8.72. The van der Waals surface area contributed by atoms with Crippen LogP contribution in [0.1, 0.15) is 36.3 Å². The molecule has 0 saturated heterocycles. The molecule has 0 bridgehead atoms. The number of benzene rings is 1. The van der Waals surface area contributed by atoms with Crippen molar-refractivity contribution in [3.8, 4) is 0 Å². The van der Waals surface area contributed by atoms with Gasteiger partial charge in [-0.1, -0.05) is 42.5 Å². The summed E-state index contributed by atoms with van der Waals surface area (Å²) in [5.74, 6) is 0.597. The summed E-state index contributed by atoms with van der Waals surface area (Å²) in [5, 5.41) is 0. The highest BCUT2D eigenvalue weighted by atomic mass is 16.5. The van der Waals surface area contributed by atoms with Crippen LogP contribution in [0.15, 0.2) is 49.1 Å². The van der Waals surface area contributed by atoms with Crippen molar-refractivity contribution in [3.05, 3.63) is 60.2 Å². The number of fused-ring (bicyclic) bond motifs is 1. The van der Waals surface area contributed by atoms with E-state index in [1.807, 2.05) is 12.2 Å². The Morgan fingerprint density at radius 1 is 1.39 bits per heavy atom. The molecule has 1 aromatic rings. The van der Waals surface area contributed by atoms with Crippen molar-refractivity contribution < 1.29 is 9.53 Å². The van der Waals surface area contributed by atoms with Gasteiger partial charge in [0.25, 0.3) is 0 Å². The molecular formula is C16H18O2. The minimum Gasteiger partial charge on any atom is -0.462 e. The predicted molar refractivity (Wildman–Crippen MR) is 72.5 cm³/mol. The summed E-state index contributed by atoms with van der Waals surface area (Å²) in [6, 6.07) is 8.47. The Labute approximate surface area is 108 Å². The lowest BCUT2D eigenvalue weighted by atomic mass is 10.0. The number of hydrogen-bond acceptors (Lipinski definition) is 2. The van der Waals surface area contributed by atoms with Crippen LogP contribution < -0.4 is 0 Å². The SMILES string of the molecule is C=CC1CC(C=CCOC(C)=O)c2ccccc21. The maximum atomic E-state index is 10.7. The fourth-order valence-corrected chi connectivity index (χ4v) is 2.50. The van der Waals surface area contributed by atoms with Crippen LogP contribution in [0.25, 0.3) is 0 Å². The number of esters is 1. The standard InChI is InChI=1S/C16H18O2/c1-3-13-11-14(7-6-10-18-12(2)17)16-9-5-4-8-15(13)16/h3-9,13-14H,1,10-11H2,2H3. The third kappa shape index (κ3) is 2.70. The van der Waals surface area contributed by atoms with Crippen molar-refractivity contribution in [3.63, 3.8) is 0 Å². The number of carbonyl (C=O) groups is 1. The van der Waals surface area contributed by atoms with Gasteiger partial charge in [0.1, 0.15) is 6.61 Å². The van der Waals surface area contributed by atoms with Gasteiger partial charge in [0.05, 0.1) is 0 Å². The maximum Gasteiger partial charge on any atom is 0.302 e. The van der Waals surface area contributed by atoms with Gasteiger partial charge >= 0.3 is 5.97 Å². The van der Waals surface area contributed by atoms with Crippen LogP contribution in [0.3, 0.4) is 0 Å². The predicted octanol–water partition coefficient (Wildman–Crippen LogP) is 3.56. The monoisotopic (exact) mass is 242 g/mol. The molecule has 2 atom stereocenters. The van der Waals surface area contributed by atoms with Crippen molar-refractivity contribution in [1.82, 2.24) is 0 Å². The summed E-state index contributed by atoms with van der Waals surface area (Å²) in [6.07, 6.45) is 7.12. The molecule has 0 N–H and O–H groups in total. The molecule has 18 heavy (non-hydrogen) atoms. The van der Waals surface area contributed by atoms with E-state index in [0.29, 0.717) is 18.4 Å². The zero-order valence-electron chi connectivity index (χ0n) is 10.6. The molecule has 2 nitrogen and oxygen atoms in total. The molecule has 0 saturated carbocycles. The van der Waals surface area contributed by atoms with Crippen LogP contribution in [0.5, 0.6) is 0 Å². The van der Waals surface area contributed by atoms with Crippen LogP contribution in [0.4, 0.5) is 0 Å². The third-order valence-electron chi connectivity index (χ3n) is 3.34. The summed E-state index contributed by atoms with van der Waals surface area (Å²) < 4.78 is 4.90. The molecule has 94 valence electrons. The highest BCUT2D eigenvalue weighted by molar-refractivity contribution is 5.66. The summed E-state index contributed by atoms with van der Waals surface area (Å²) in [7, 11) is 0. The molecule has 0 spiro atoms. The molecule has 2 rings (SSSR count). The van der Waals surface area contributed by atoms with Crippen LogP contribution in [0, 0.1) is 0 Å². The Morgan fingerprint density at radius 2 is 2.06 bits per heavy atom. The Kier molecular flexibility index (Phi) is 3.98. The van der Waals surface area contributed by atoms with Crippen LogP contribution >= 0.6 is 0 Å². The van der Waals surface area contributed by atoms with Gasteiger partial charge < -0.3 is 4.74 Å². The molecule has 2 unspecified atom stereocenters. The molecular weight excluding hydrogens is 224 g/mol. The topological polar surface area (TPSA) is 26.3 Å². The molecule has 0 heterocycles. The van der Waals surface area contributed by atoms with Crippen molar-refractivity contribution in [2.45, 2.75) is 25.2 Å². The lowest BCUT2D eigenvalue weighted by molar-refractivity contribution is -0.139. The molecule has 0 amide bonds. The normalized spacial score (nSPS) is 21.8. The van der Waals surface area contributed by atoms with Gasteiger partial charge in [-0.2, -0.15) is 0 Å². The highest BCUT2D eigenvalue weighted by Crippen LogP contribution is 2.42. The zero-order valence-corrected chi connectivity index (χ0v) is 10.6. The number of ether oxygens (including phenoxy) is 1.